The van der Waals surface area contributed by atoms with Crippen molar-refractivity contribution in [1.82, 2.24) is 4.90 Å². The number of aryl methyl sites for hydroxylation is 2. The lowest BCUT2D eigenvalue weighted by atomic mass is 10.1. The van der Waals surface area contributed by atoms with Gasteiger partial charge < -0.3 is 23.9 Å². The number of nitrogens with zero attached hydrogens (tertiary/aromatic N) is 2. The third-order valence-corrected chi connectivity index (χ3v) is 7.41. The Bertz CT molecular complexity index is 1510. The summed E-state index contributed by atoms with van der Waals surface area (Å²) in [5.41, 5.74) is 4.50. The molecule has 2 heterocycles. The Morgan fingerprint density at radius 2 is 1.72 bits per heavy atom. The quantitative estimate of drug-likeness (QED) is 0.301. The van der Waals surface area contributed by atoms with Gasteiger partial charge in [-0.05, 0) is 73.9 Å². The minimum absolute atomic E-state index is 0.127. The summed E-state index contributed by atoms with van der Waals surface area (Å²) in [7, 11) is 0. The molecule has 0 saturated carbocycles. The molecule has 0 bridgehead atoms. The van der Waals surface area contributed by atoms with E-state index in [0.29, 0.717) is 29.0 Å². The van der Waals surface area contributed by atoms with E-state index in [9.17, 15) is 9.90 Å². The molecule has 7 nitrogen and oxygen atoms in total. The van der Waals surface area contributed by atoms with Crippen LogP contribution in [0.4, 0.5) is 5.69 Å². The lowest BCUT2D eigenvalue weighted by Crippen LogP contribution is -2.49. The van der Waals surface area contributed by atoms with Gasteiger partial charge in [0.15, 0.2) is 0 Å². The summed E-state index contributed by atoms with van der Waals surface area (Å²) in [6, 6.07) is 16.8. The molecule has 0 aliphatic carbocycles. The molecule has 1 aliphatic heterocycles. The van der Waals surface area contributed by atoms with Gasteiger partial charge in [0.1, 0.15) is 36.1 Å². The van der Waals surface area contributed by atoms with Gasteiger partial charge in [-0.15, -0.1) is 0 Å². The smallest absolute Gasteiger partial charge is 0.235 e. The Labute approximate surface area is 233 Å². The van der Waals surface area contributed by atoms with Gasteiger partial charge in [-0.1, -0.05) is 23.7 Å². The van der Waals surface area contributed by atoms with E-state index >= 15 is 0 Å². The number of anilines is 1. The zero-order valence-electron chi connectivity index (χ0n) is 22.4. The molecule has 1 N–H and O–H groups in total. The third kappa shape index (κ3) is 6.38. The van der Waals surface area contributed by atoms with Gasteiger partial charge in [0.05, 0.1) is 5.39 Å². The van der Waals surface area contributed by atoms with Crippen molar-refractivity contribution in [2.24, 2.45) is 0 Å². The van der Waals surface area contributed by atoms with Crippen LogP contribution in [0.2, 0.25) is 5.02 Å². The summed E-state index contributed by atoms with van der Waals surface area (Å²) in [6.45, 7) is 10.1. The van der Waals surface area contributed by atoms with Crippen LogP contribution in [-0.4, -0.2) is 55.4 Å². The Kier molecular flexibility index (Phi) is 8.12. The zero-order chi connectivity index (χ0) is 27.5. The summed E-state index contributed by atoms with van der Waals surface area (Å²) in [4.78, 5) is 17.5. The summed E-state index contributed by atoms with van der Waals surface area (Å²) in [5, 5.41) is 11.8. The summed E-state index contributed by atoms with van der Waals surface area (Å²) in [6.07, 6.45) is 0.673. The molecule has 1 aliphatic rings. The fourth-order valence-electron chi connectivity index (χ4n) is 5.02. The molecular weight excluding hydrogens is 516 g/mol. The monoisotopic (exact) mass is 548 g/mol. The van der Waals surface area contributed by atoms with E-state index in [-0.39, 0.29) is 17.8 Å². The van der Waals surface area contributed by atoms with Crippen LogP contribution < -0.4 is 19.8 Å². The lowest BCUT2D eigenvalue weighted by molar-refractivity contribution is 0.0663. The number of aliphatic hydroxyl groups is 1. The van der Waals surface area contributed by atoms with Gasteiger partial charge >= 0.3 is 0 Å². The number of hydrogen-bond donors (Lipinski definition) is 1. The number of ether oxygens (including phenoxy) is 2. The highest BCUT2D eigenvalue weighted by Gasteiger charge is 2.21. The molecule has 39 heavy (non-hydrogen) atoms. The van der Waals surface area contributed by atoms with Gasteiger partial charge in [0.25, 0.3) is 0 Å². The first-order valence-electron chi connectivity index (χ1n) is 13.1. The molecule has 1 unspecified atom stereocenters. The number of benzene rings is 3. The highest BCUT2D eigenvalue weighted by atomic mass is 35.5. The molecule has 1 saturated heterocycles. The van der Waals surface area contributed by atoms with E-state index in [2.05, 4.69) is 15.9 Å². The van der Waals surface area contributed by atoms with E-state index in [1.165, 1.54) is 6.26 Å². The second kappa shape index (κ2) is 11.7. The molecule has 8 heteroatoms. The fourth-order valence-corrected chi connectivity index (χ4v) is 5.19. The van der Waals surface area contributed by atoms with Gasteiger partial charge in [-0.3, -0.25) is 9.69 Å². The molecule has 4 aromatic rings. The summed E-state index contributed by atoms with van der Waals surface area (Å²) in [5.74, 6) is 1.24. The molecule has 0 spiro atoms. The molecule has 1 aromatic heterocycles. The second-order valence-corrected chi connectivity index (χ2v) is 10.6. The molecule has 3 aromatic carbocycles. The van der Waals surface area contributed by atoms with Crippen LogP contribution in [0.15, 0.2) is 70.1 Å². The highest BCUT2D eigenvalue weighted by molar-refractivity contribution is 6.31. The van der Waals surface area contributed by atoms with E-state index in [4.69, 9.17) is 25.5 Å². The van der Waals surface area contributed by atoms with E-state index in [0.717, 1.165) is 53.6 Å². The van der Waals surface area contributed by atoms with Gasteiger partial charge in [0, 0.05) is 49.5 Å². The van der Waals surface area contributed by atoms with Gasteiger partial charge in [-0.2, -0.15) is 0 Å². The Morgan fingerprint density at radius 1 is 0.974 bits per heavy atom. The summed E-state index contributed by atoms with van der Waals surface area (Å²) >= 11 is 6.29. The van der Waals surface area contributed by atoms with Crippen LogP contribution in [0.5, 0.6) is 17.2 Å². The number of rotatable bonds is 8. The zero-order valence-corrected chi connectivity index (χ0v) is 23.2. The fraction of sp³-hybridized carbons (Fsp3) is 0.323. The van der Waals surface area contributed by atoms with Crippen molar-refractivity contribution in [1.29, 1.82) is 0 Å². The standard InChI is InChI=1S/C31H33ClN2O5/c1-20-13-21(2)15-25(14-20)39-30-19-38-29-16-24(7-8-26(29)31(30)36)37-18-23(35)17-33-9-11-34(12-10-33)28-6-4-5-27(32)22(28)3/h4-8,13-16,19,23,35H,9-12,17-18H2,1-3H3. The number of hydrogen-bond acceptors (Lipinski definition) is 7. The molecular formula is C31H33ClN2O5. The van der Waals surface area contributed by atoms with Crippen molar-refractivity contribution in [3.05, 3.63) is 92.8 Å². The largest absolute Gasteiger partial charge is 0.491 e. The van der Waals surface area contributed by atoms with Gasteiger partial charge in [-0.25, -0.2) is 0 Å². The Morgan fingerprint density at radius 3 is 2.46 bits per heavy atom. The molecule has 0 amide bonds. The van der Waals surface area contributed by atoms with Crippen molar-refractivity contribution in [3.8, 4) is 17.2 Å². The maximum absolute atomic E-state index is 13.0. The topological polar surface area (TPSA) is 75.4 Å². The SMILES string of the molecule is Cc1cc(C)cc(Oc2coc3cc(OCC(O)CN4CCN(c5cccc(Cl)c5C)CC4)ccc3c2=O)c1. The third-order valence-electron chi connectivity index (χ3n) is 7.00. The maximum Gasteiger partial charge on any atom is 0.235 e. The van der Waals surface area contributed by atoms with Crippen LogP contribution in [0.3, 0.4) is 0 Å². The highest BCUT2D eigenvalue weighted by Crippen LogP contribution is 2.28. The Hall–Kier alpha value is -3.52. The predicted octanol–water partition coefficient (Wildman–Crippen LogP) is 5.73. The number of β-amino-alcohol motifs (C(OH)–C–C–N with tert-alkyl or cyclic N) is 1. The molecule has 0 radical (unpaired) electrons. The van der Waals surface area contributed by atoms with Crippen LogP contribution in [0, 0.1) is 20.8 Å². The van der Waals surface area contributed by atoms with Crippen LogP contribution in [0.25, 0.3) is 11.0 Å². The minimum Gasteiger partial charge on any atom is -0.491 e. The first-order valence-corrected chi connectivity index (χ1v) is 13.5. The average Bonchev–Trinajstić information content (AvgIpc) is 2.91. The Balaban J connectivity index is 1.15. The number of aliphatic hydroxyl groups excluding tert-OH is 1. The van der Waals surface area contributed by atoms with Crippen molar-refractivity contribution < 1.29 is 19.0 Å². The van der Waals surface area contributed by atoms with Crippen molar-refractivity contribution in [3.63, 3.8) is 0 Å². The number of piperazine rings is 1. The van der Waals surface area contributed by atoms with Gasteiger partial charge in [0.2, 0.25) is 11.2 Å². The maximum atomic E-state index is 13.0. The van der Waals surface area contributed by atoms with E-state index in [1.807, 2.05) is 51.1 Å². The molecule has 1 fully saturated rings. The number of fused-ring (bicyclic) bond motifs is 1. The molecule has 5 rings (SSSR count). The average molecular weight is 549 g/mol. The van der Waals surface area contributed by atoms with Crippen molar-refractivity contribution >= 4 is 28.3 Å². The van der Waals surface area contributed by atoms with Crippen LogP contribution >= 0.6 is 11.6 Å². The summed E-state index contributed by atoms with van der Waals surface area (Å²) < 4.78 is 17.4. The minimum atomic E-state index is -0.652. The first-order chi connectivity index (χ1) is 18.8. The van der Waals surface area contributed by atoms with Crippen LogP contribution in [0.1, 0.15) is 16.7 Å². The van der Waals surface area contributed by atoms with E-state index in [1.54, 1.807) is 18.2 Å². The van der Waals surface area contributed by atoms with Crippen molar-refractivity contribution in [2.45, 2.75) is 26.9 Å². The van der Waals surface area contributed by atoms with E-state index < -0.39 is 6.10 Å². The molecule has 1 atom stereocenters. The predicted molar refractivity (Wildman–Crippen MR) is 155 cm³/mol. The normalized spacial score (nSPS) is 14.9. The number of halogens is 1. The molecule has 204 valence electrons. The first kappa shape index (κ1) is 27.1. The van der Waals surface area contributed by atoms with Crippen LogP contribution in [-0.2, 0) is 0 Å². The lowest BCUT2D eigenvalue weighted by Gasteiger charge is -2.37. The second-order valence-electron chi connectivity index (χ2n) is 10.1. The van der Waals surface area contributed by atoms with Crippen molar-refractivity contribution in [2.75, 3.05) is 44.2 Å².